The summed E-state index contributed by atoms with van der Waals surface area (Å²) >= 11 is 7.94. The summed E-state index contributed by atoms with van der Waals surface area (Å²) < 4.78 is 7.87. The van der Waals surface area contributed by atoms with Crippen LogP contribution in [0.1, 0.15) is 31.9 Å². The van der Waals surface area contributed by atoms with Crippen molar-refractivity contribution in [1.82, 2.24) is 0 Å². The Morgan fingerprint density at radius 1 is 1.00 bits per heavy atom. The van der Waals surface area contributed by atoms with Gasteiger partial charge in [-0.2, -0.15) is 0 Å². The largest absolute Gasteiger partial charge is 0.394 e. The number of hydrogen-bond acceptors (Lipinski definition) is 4. The second kappa shape index (κ2) is 16.7. The molecule has 2 aromatic rings. The van der Waals surface area contributed by atoms with Crippen molar-refractivity contribution >= 4 is 66.9 Å². The van der Waals surface area contributed by atoms with Gasteiger partial charge in [0.25, 0.3) is 0 Å². The molecular weight excluding hydrogens is 650 g/mol. The number of hydrogen-bond donors (Lipinski definition) is 2. The average Bonchev–Trinajstić information content (AvgIpc) is 2.68. The number of aliphatic hydroxyl groups is 2. The Morgan fingerprint density at radius 3 is 1.71 bits per heavy atom. The van der Waals surface area contributed by atoms with E-state index < -0.39 is 6.10 Å². The zero-order chi connectivity index (χ0) is 21.5. The molecule has 0 spiro atoms. The van der Waals surface area contributed by atoms with Gasteiger partial charge in [0.15, 0.2) is 5.78 Å². The maximum absolute atomic E-state index is 9.89. The van der Waals surface area contributed by atoms with E-state index in [1.165, 1.54) is 26.6 Å². The van der Waals surface area contributed by atoms with Gasteiger partial charge < -0.3 is 14.9 Å². The van der Waals surface area contributed by atoms with Crippen LogP contribution in [0.3, 0.4) is 0 Å². The van der Waals surface area contributed by atoms with Crippen molar-refractivity contribution in [3.63, 3.8) is 0 Å². The third-order valence-corrected chi connectivity index (χ3v) is 5.45. The van der Waals surface area contributed by atoms with E-state index in [2.05, 4.69) is 85.4 Å². The molecule has 0 aliphatic carbocycles. The molecule has 0 bridgehead atoms. The minimum atomic E-state index is -0.787. The van der Waals surface area contributed by atoms with Gasteiger partial charge in [-0.25, -0.2) is 0 Å². The Morgan fingerprint density at radius 2 is 1.39 bits per heavy atom. The topological polar surface area (TPSA) is 66.8 Å². The van der Waals surface area contributed by atoms with Crippen LogP contribution in [0.5, 0.6) is 0 Å². The first-order valence-corrected chi connectivity index (χ1v) is 11.9. The number of rotatable bonds is 6. The number of carbonyl (C=O) groups is 1. The monoisotopic (exact) mass is 676 g/mol. The number of benzene rings is 2. The lowest BCUT2D eigenvalue weighted by molar-refractivity contribution is -0.124. The van der Waals surface area contributed by atoms with Crippen LogP contribution >= 0.6 is 61.1 Å². The molecule has 0 saturated carbocycles. The van der Waals surface area contributed by atoms with Crippen molar-refractivity contribution < 1.29 is 19.7 Å². The highest BCUT2D eigenvalue weighted by molar-refractivity contribution is 14.1. The molecule has 0 aliphatic rings. The molecule has 2 N–H and O–H groups in total. The number of ketones is 1. The highest BCUT2D eigenvalue weighted by Gasteiger charge is 1.99. The number of ether oxygens (including phenoxy) is 1. The second-order valence-corrected chi connectivity index (χ2v) is 9.03. The lowest BCUT2D eigenvalue weighted by atomic mass is 10.2. The van der Waals surface area contributed by atoms with Gasteiger partial charge in [-0.05, 0) is 101 Å². The van der Waals surface area contributed by atoms with Crippen LogP contribution in [0.25, 0.3) is 0 Å². The Labute approximate surface area is 203 Å². The molecule has 0 radical (unpaired) electrons. The van der Waals surface area contributed by atoms with E-state index in [-0.39, 0.29) is 18.5 Å². The first-order chi connectivity index (χ1) is 13.2. The van der Waals surface area contributed by atoms with Crippen molar-refractivity contribution in [3.8, 4) is 0 Å². The van der Waals surface area contributed by atoms with Gasteiger partial charge >= 0.3 is 0 Å². The fourth-order valence-electron chi connectivity index (χ4n) is 1.45. The molecule has 0 aliphatic heterocycles. The van der Waals surface area contributed by atoms with Gasteiger partial charge in [-0.3, -0.25) is 4.79 Å². The molecule has 2 aromatic carbocycles. The molecule has 2 unspecified atom stereocenters. The fourth-order valence-corrected chi connectivity index (χ4v) is 2.54. The maximum atomic E-state index is 9.89. The van der Waals surface area contributed by atoms with Gasteiger partial charge in [0.05, 0.1) is 19.3 Å². The van der Waals surface area contributed by atoms with E-state index in [4.69, 9.17) is 14.9 Å². The standard InChI is InChI=1S/C10H13IO2.C7H6BrI.C4H8O2/c1-8(6-12)13-7-9-2-4-10(11)5-3-9;8-5-6-1-3-7(9)4-2-6;1-3(5)4(2)6/h2-5,8,12H,6-7H2,1H3;1-4H,5H2;3,5H,1-2H3. The average molecular weight is 677 g/mol. The molecular formula is C21H27BrI2O4. The fraction of sp³-hybridized carbons (Fsp3) is 0.381. The molecule has 2 atom stereocenters. The van der Waals surface area contributed by atoms with Gasteiger partial charge in [0, 0.05) is 12.5 Å². The van der Waals surface area contributed by atoms with E-state index in [0.717, 1.165) is 10.9 Å². The van der Waals surface area contributed by atoms with Crippen molar-refractivity contribution in [2.24, 2.45) is 0 Å². The van der Waals surface area contributed by atoms with E-state index in [9.17, 15) is 4.79 Å². The lowest BCUT2D eigenvalue weighted by Gasteiger charge is -2.09. The molecule has 0 fully saturated rings. The Hall–Kier alpha value is -0.0700. The lowest BCUT2D eigenvalue weighted by Crippen LogP contribution is -2.12. The van der Waals surface area contributed by atoms with Crippen molar-refractivity contribution in [3.05, 3.63) is 66.8 Å². The minimum Gasteiger partial charge on any atom is -0.394 e. The van der Waals surface area contributed by atoms with Crippen molar-refractivity contribution in [2.45, 2.75) is 44.9 Å². The predicted octanol–water partition coefficient (Wildman–Crippen LogP) is 5.33. The summed E-state index contributed by atoms with van der Waals surface area (Å²) in [5.41, 5.74) is 2.47. The molecule has 28 heavy (non-hydrogen) atoms. The number of carbonyl (C=O) groups excluding carboxylic acids is 1. The van der Waals surface area contributed by atoms with E-state index in [0.29, 0.717) is 6.61 Å². The summed E-state index contributed by atoms with van der Waals surface area (Å²) in [5, 5.41) is 18.0. The molecule has 0 saturated heterocycles. The molecule has 7 heteroatoms. The molecule has 2 rings (SSSR count). The third kappa shape index (κ3) is 14.9. The molecule has 0 aromatic heterocycles. The van der Waals surface area contributed by atoms with Gasteiger partial charge in [-0.15, -0.1) is 0 Å². The number of aliphatic hydroxyl groups excluding tert-OH is 2. The Balaban J connectivity index is 0.000000423. The highest BCUT2D eigenvalue weighted by Crippen LogP contribution is 2.09. The number of Topliss-reactive ketones (excluding diaryl/α,β-unsaturated/α-hetero) is 1. The van der Waals surface area contributed by atoms with Gasteiger partial charge in [0.1, 0.15) is 6.10 Å². The van der Waals surface area contributed by atoms with E-state index >= 15 is 0 Å². The Kier molecular flexibility index (Phi) is 16.7. The first-order valence-electron chi connectivity index (χ1n) is 8.65. The van der Waals surface area contributed by atoms with E-state index in [1.54, 1.807) is 0 Å². The smallest absolute Gasteiger partial charge is 0.157 e. The normalized spacial score (nSPS) is 12.0. The molecule has 0 amide bonds. The predicted molar refractivity (Wildman–Crippen MR) is 135 cm³/mol. The maximum Gasteiger partial charge on any atom is 0.157 e. The summed E-state index contributed by atoms with van der Waals surface area (Å²) in [6, 6.07) is 16.6. The van der Waals surface area contributed by atoms with Crippen LogP contribution in [0.15, 0.2) is 48.5 Å². The minimum absolute atomic E-state index is 0.0738. The Bertz CT molecular complexity index is 661. The van der Waals surface area contributed by atoms with Gasteiger partial charge in [0.2, 0.25) is 0 Å². The summed E-state index contributed by atoms with van der Waals surface area (Å²) in [6.07, 6.45) is -0.871. The summed E-state index contributed by atoms with van der Waals surface area (Å²) in [6.45, 7) is 5.29. The summed E-state index contributed by atoms with van der Waals surface area (Å²) in [5.74, 6) is -0.185. The molecule has 0 heterocycles. The quantitative estimate of drug-likeness (QED) is 0.321. The second-order valence-electron chi connectivity index (χ2n) is 5.98. The summed E-state index contributed by atoms with van der Waals surface area (Å²) in [7, 11) is 0. The van der Waals surface area contributed by atoms with Crippen LogP contribution in [-0.4, -0.2) is 34.8 Å². The van der Waals surface area contributed by atoms with Crippen LogP contribution in [0.2, 0.25) is 0 Å². The van der Waals surface area contributed by atoms with E-state index in [1.807, 2.05) is 31.2 Å². The zero-order valence-corrected chi connectivity index (χ0v) is 22.1. The number of halogens is 3. The van der Waals surface area contributed by atoms with Gasteiger partial charge in [-0.1, -0.05) is 40.2 Å². The van der Waals surface area contributed by atoms with Crippen molar-refractivity contribution in [2.75, 3.05) is 6.61 Å². The molecule has 156 valence electrons. The summed E-state index contributed by atoms with van der Waals surface area (Å²) in [4.78, 5) is 9.89. The molecule has 4 nitrogen and oxygen atoms in total. The zero-order valence-electron chi connectivity index (χ0n) is 16.2. The van der Waals surface area contributed by atoms with Crippen LogP contribution in [0, 0.1) is 7.14 Å². The SMILES string of the molecule is BrCc1ccc(I)cc1.CC(=O)C(C)O.CC(CO)OCc1ccc(I)cc1. The van der Waals surface area contributed by atoms with Crippen molar-refractivity contribution in [1.29, 1.82) is 0 Å². The highest BCUT2D eigenvalue weighted by atomic mass is 127. The number of alkyl halides is 1. The van der Waals surface area contributed by atoms with Crippen LogP contribution in [-0.2, 0) is 21.5 Å². The first kappa shape index (κ1) is 27.9. The third-order valence-electron chi connectivity index (χ3n) is 3.36. The van der Waals surface area contributed by atoms with Crippen LogP contribution in [0.4, 0.5) is 0 Å². The van der Waals surface area contributed by atoms with Crippen LogP contribution < -0.4 is 0 Å².